The van der Waals surface area contributed by atoms with E-state index < -0.39 is 6.04 Å². The zero-order chi connectivity index (χ0) is 24.3. The van der Waals surface area contributed by atoms with Crippen LogP contribution in [0.2, 0.25) is 0 Å². The van der Waals surface area contributed by atoms with E-state index in [0.717, 1.165) is 21.6 Å². The van der Waals surface area contributed by atoms with E-state index in [0.29, 0.717) is 25.1 Å². The zero-order valence-electron chi connectivity index (χ0n) is 20.2. The molecule has 0 unspecified atom stereocenters. The van der Waals surface area contributed by atoms with Crippen molar-refractivity contribution in [3.05, 3.63) is 102 Å². The minimum Gasteiger partial charge on any atom is -0.352 e. The van der Waals surface area contributed by atoms with Gasteiger partial charge in [-0.1, -0.05) is 78.4 Å². The molecular weight excluding hydrogens is 440 g/mol. The van der Waals surface area contributed by atoms with Crippen molar-refractivity contribution < 1.29 is 9.59 Å². The van der Waals surface area contributed by atoms with Gasteiger partial charge in [0.2, 0.25) is 11.8 Å². The summed E-state index contributed by atoms with van der Waals surface area (Å²) in [5.74, 6) is 0.539. The topological polar surface area (TPSA) is 49.4 Å². The van der Waals surface area contributed by atoms with Crippen molar-refractivity contribution in [3.63, 3.8) is 0 Å². The molecule has 4 nitrogen and oxygen atoms in total. The van der Waals surface area contributed by atoms with Crippen LogP contribution in [0, 0.1) is 6.92 Å². The summed E-state index contributed by atoms with van der Waals surface area (Å²) in [5.41, 5.74) is 3.20. The lowest BCUT2D eigenvalue weighted by Gasteiger charge is -2.32. The molecule has 0 aliphatic heterocycles. The maximum absolute atomic E-state index is 13.6. The van der Waals surface area contributed by atoms with Crippen LogP contribution in [-0.4, -0.2) is 34.6 Å². The maximum Gasteiger partial charge on any atom is 0.243 e. The molecular formula is C29H34N2O2S. The Morgan fingerprint density at radius 2 is 1.53 bits per heavy atom. The largest absolute Gasteiger partial charge is 0.352 e. The van der Waals surface area contributed by atoms with Crippen molar-refractivity contribution in [2.24, 2.45) is 0 Å². The van der Waals surface area contributed by atoms with Crippen LogP contribution in [0.25, 0.3) is 0 Å². The SMILES string of the molecule is Cc1cccc(CN(C(=O)CCSc2ccccc2)[C@@H](Cc2ccccc2)C(=O)NC(C)C)c1. The number of nitrogens with one attached hydrogen (secondary N) is 1. The first-order valence-electron chi connectivity index (χ1n) is 11.8. The fraction of sp³-hybridized carbons (Fsp3) is 0.310. The predicted molar refractivity (Wildman–Crippen MR) is 141 cm³/mol. The van der Waals surface area contributed by atoms with E-state index in [4.69, 9.17) is 0 Å². The van der Waals surface area contributed by atoms with E-state index in [2.05, 4.69) is 11.4 Å². The van der Waals surface area contributed by atoms with Crippen LogP contribution < -0.4 is 5.32 Å². The lowest BCUT2D eigenvalue weighted by molar-refractivity contribution is -0.141. The van der Waals surface area contributed by atoms with Gasteiger partial charge in [0, 0.05) is 36.1 Å². The molecule has 34 heavy (non-hydrogen) atoms. The molecule has 0 bridgehead atoms. The number of nitrogens with zero attached hydrogens (tertiary/aromatic N) is 1. The van der Waals surface area contributed by atoms with E-state index in [1.807, 2.05) is 99.6 Å². The van der Waals surface area contributed by atoms with E-state index in [-0.39, 0.29) is 17.9 Å². The summed E-state index contributed by atoms with van der Waals surface area (Å²) in [4.78, 5) is 29.8. The number of hydrogen-bond donors (Lipinski definition) is 1. The highest BCUT2D eigenvalue weighted by atomic mass is 32.2. The van der Waals surface area contributed by atoms with Gasteiger partial charge in [-0.2, -0.15) is 0 Å². The van der Waals surface area contributed by atoms with Gasteiger partial charge in [0.25, 0.3) is 0 Å². The van der Waals surface area contributed by atoms with Crippen LogP contribution in [0.15, 0.2) is 89.8 Å². The first-order chi connectivity index (χ1) is 16.4. The fourth-order valence-electron chi connectivity index (χ4n) is 3.86. The van der Waals surface area contributed by atoms with Crippen LogP contribution in [-0.2, 0) is 22.6 Å². The molecule has 0 radical (unpaired) electrons. The average molecular weight is 475 g/mol. The number of thioether (sulfide) groups is 1. The Balaban J connectivity index is 1.85. The van der Waals surface area contributed by atoms with Crippen molar-refractivity contribution in [1.82, 2.24) is 10.2 Å². The Morgan fingerprint density at radius 1 is 0.882 bits per heavy atom. The van der Waals surface area contributed by atoms with Gasteiger partial charge in [0.05, 0.1) is 0 Å². The van der Waals surface area contributed by atoms with Gasteiger partial charge in [-0.15, -0.1) is 11.8 Å². The summed E-state index contributed by atoms with van der Waals surface area (Å²) >= 11 is 1.66. The second kappa shape index (κ2) is 13.0. The average Bonchev–Trinajstić information content (AvgIpc) is 2.82. The number of hydrogen-bond acceptors (Lipinski definition) is 3. The van der Waals surface area contributed by atoms with Gasteiger partial charge in [-0.05, 0) is 44.0 Å². The Kier molecular flexibility index (Phi) is 9.77. The molecule has 0 fully saturated rings. The Bertz CT molecular complexity index is 1050. The highest BCUT2D eigenvalue weighted by molar-refractivity contribution is 7.99. The van der Waals surface area contributed by atoms with Crippen LogP contribution in [0.4, 0.5) is 0 Å². The minimum atomic E-state index is -0.584. The number of carbonyl (C=O) groups is 2. The van der Waals surface area contributed by atoms with Gasteiger partial charge in [0.15, 0.2) is 0 Å². The third-order valence-corrected chi connectivity index (χ3v) is 6.48. The molecule has 0 aliphatic carbocycles. The fourth-order valence-corrected chi connectivity index (χ4v) is 4.72. The summed E-state index contributed by atoms with van der Waals surface area (Å²) in [7, 11) is 0. The molecule has 1 atom stereocenters. The standard InChI is InChI=1S/C29H34N2O2S/c1-22(2)30-29(33)27(20-24-12-6-4-7-13-24)31(21-25-14-10-11-23(3)19-25)28(32)17-18-34-26-15-8-5-9-16-26/h4-16,19,22,27H,17-18,20-21H2,1-3H3,(H,30,33)/t27-/m0/s1. The molecule has 3 aromatic carbocycles. The number of aryl methyl sites for hydroxylation is 1. The van der Waals surface area contributed by atoms with Crippen molar-refractivity contribution in [2.45, 2.75) is 57.1 Å². The summed E-state index contributed by atoms with van der Waals surface area (Å²) in [6.07, 6.45) is 0.842. The number of carbonyl (C=O) groups excluding carboxylic acids is 2. The molecule has 2 amide bonds. The van der Waals surface area contributed by atoms with Crippen molar-refractivity contribution in [3.8, 4) is 0 Å². The summed E-state index contributed by atoms with van der Waals surface area (Å²) in [6, 6.07) is 27.6. The van der Waals surface area contributed by atoms with Gasteiger partial charge in [0.1, 0.15) is 6.04 Å². The van der Waals surface area contributed by atoms with Gasteiger partial charge < -0.3 is 10.2 Å². The van der Waals surface area contributed by atoms with Gasteiger partial charge >= 0.3 is 0 Å². The number of rotatable bonds is 11. The lowest BCUT2D eigenvalue weighted by Crippen LogP contribution is -2.51. The summed E-state index contributed by atoms with van der Waals surface area (Å²) in [6.45, 7) is 6.33. The second-order valence-corrected chi connectivity index (χ2v) is 9.96. The molecule has 0 aromatic heterocycles. The molecule has 0 aliphatic rings. The molecule has 3 rings (SSSR count). The quantitative estimate of drug-likeness (QED) is 0.366. The number of amides is 2. The van der Waals surface area contributed by atoms with Gasteiger partial charge in [-0.3, -0.25) is 9.59 Å². The molecule has 5 heteroatoms. The maximum atomic E-state index is 13.6. The predicted octanol–water partition coefficient (Wildman–Crippen LogP) is 5.64. The van der Waals surface area contributed by atoms with E-state index in [1.54, 1.807) is 16.7 Å². The smallest absolute Gasteiger partial charge is 0.243 e. The van der Waals surface area contributed by atoms with Crippen molar-refractivity contribution in [1.29, 1.82) is 0 Å². The first kappa shape index (κ1) is 25.6. The molecule has 0 spiro atoms. The Labute approximate surface area is 207 Å². The van der Waals surface area contributed by atoms with Crippen LogP contribution in [0.5, 0.6) is 0 Å². The monoisotopic (exact) mass is 474 g/mol. The van der Waals surface area contributed by atoms with Crippen LogP contribution >= 0.6 is 11.8 Å². The molecule has 0 saturated carbocycles. The molecule has 0 heterocycles. The van der Waals surface area contributed by atoms with Crippen LogP contribution in [0.3, 0.4) is 0 Å². The third-order valence-electron chi connectivity index (χ3n) is 5.47. The normalized spacial score (nSPS) is 11.8. The summed E-state index contributed by atoms with van der Waals surface area (Å²) < 4.78 is 0. The zero-order valence-corrected chi connectivity index (χ0v) is 21.1. The minimum absolute atomic E-state index is 0.00432. The lowest BCUT2D eigenvalue weighted by atomic mass is 10.0. The highest BCUT2D eigenvalue weighted by Gasteiger charge is 2.30. The number of benzene rings is 3. The van der Waals surface area contributed by atoms with E-state index in [1.165, 1.54) is 0 Å². The molecule has 178 valence electrons. The van der Waals surface area contributed by atoms with Gasteiger partial charge in [-0.25, -0.2) is 0 Å². The molecule has 3 aromatic rings. The Hall–Kier alpha value is -3.05. The van der Waals surface area contributed by atoms with E-state index in [9.17, 15) is 9.59 Å². The molecule has 1 N–H and O–H groups in total. The highest BCUT2D eigenvalue weighted by Crippen LogP contribution is 2.21. The van der Waals surface area contributed by atoms with Crippen LogP contribution in [0.1, 0.15) is 37.0 Å². The third kappa shape index (κ3) is 8.07. The van der Waals surface area contributed by atoms with Crippen molar-refractivity contribution >= 4 is 23.6 Å². The second-order valence-electron chi connectivity index (χ2n) is 8.79. The summed E-state index contributed by atoms with van der Waals surface area (Å²) in [5, 5.41) is 3.04. The van der Waals surface area contributed by atoms with E-state index >= 15 is 0 Å². The Morgan fingerprint density at radius 3 is 2.18 bits per heavy atom. The van der Waals surface area contributed by atoms with Crippen molar-refractivity contribution in [2.75, 3.05) is 5.75 Å². The molecule has 0 saturated heterocycles. The first-order valence-corrected chi connectivity index (χ1v) is 12.8.